The monoisotopic (exact) mass is 565 g/mol. The number of nitrogens with zero attached hydrogens (tertiary/aromatic N) is 6. The predicted octanol–water partition coefficient (Wildman–Crippen LogP) is 2.83. The van der Waals surface area contributed by atoms with E-state index in [0.717, 1.165) is 0 Å². The van der Waals surface area contributed by atoms with Gasteiger partial charge in [-0.25, -0.2) is 26.9 Å². The van der Waals surface area contributed by atoms with E-state index in [9.17, 15) is 35.2 Å². The normalized spacial score (nSPS) is 18.1. The summed E-state index contributed by atoms with van der Waals surface area (Å²) in [6.45, 7) is 1.26. The topological polar surface area (TPSA) is 113 Å². The number of alkyl halides is 5. The van der Waals surface area contributed by atoms with Crippen LogP contribution in [0.4, 0.5) is 27.6 Å². The zero-order valence-electron chi connectivity index (χ0n) is 19.2. The number of rotatable bonds is 6. The molecule has 2 aliphatic rings. The first-order valence-corrected chi connectivity index (χ1v) is 13.4. The molecule has 17 heteroatoms. The third-order valence-corrected chi connectivity index (χ3v) is 8.81. The molecule has 1 amide bonds. The van der Waals surface area contributed by atoms with Crippen LogP contribution in [-0.4, -0.2) is 76.7 Å². The fraction of sp³-hybridized carbons (Fsp3) is 0.500. The SMILES string of the molecule is CC1(NS(=O)(=O)c2cc(N3CCN(C(=O)C(F)(F)F)CC3)c3ncc(-c4nnc(C(F)F)s4)n3c2)CC1. The van der Waals surface area contributed by atoms with E-state index < -0.39 is 39.1 Å². The van der Waals surface area contributed by atoms with Gasteiger partial charge in [0.2, 0.25) is 10.0 Å². The Morgan fingerprint density at radius 3 is 2.41 bits per heavy atom. The Bertz CT molecular complexity index is 1460. The average molecular weight is 566 g/mol. The minimum Gasteiger partial charge on any atom is -0.365 e. The van der Waals surface area contributed by atoms with Crippen LogP contribution in [-0.2, 0) is 14.8 Å². The van der Waals surface area contributed by atoms with E-state index in [1.807, 2.05) is 0 Å². The molecule has 200 valence electrons. The number of nitrogens with one attached hydrogen (secondary N) is 1. The van der Waals surface area contributed by atoms with Gasteiger partial charge in [0.05, 0.1) is 11.9 Å². The Kier molecular flexibility index (Phi) is 6.14. The van der Waals surface area contributed by atoms with Gasteiger partial charge in [-0.2, -0.15) is 13.2 Å². The summed E-state index contributed by atoms with van der Waals surface area (Å²) >= 11 is 0.632. The number of carbonyl (C=O) groups is 1. The van der Waals surface area contributed by atoms with Gasteiger partial charge < -0.3 is 9.80 Å². The number of fused-ring (bicyclic) bond motifs is 1. The third kappa shape index (κ3) is 4.98. The number of carbonyl (C=O) groups excluding carboxylic acids is 1. The summed E-state index contributed by atoms with van der Waals surface area (Å²) in [5.74, 6) is -1.94. The highest BCUT2D eigenvalue weighted by Gasteiger charge is 2.44. The molecular formula is C20H20F5N7O3S2. The highest BCUT2D eigenvalue weighted by Crippen LogP contribution is 2.37. The van der Waals surface area contributed by atoms with Crippen molar-refractivity contribution in [2.75, 3.05) is 31.1 Å². The summed E-state index contributed by atoms with van der Waals surface area (Å²) in [6.07, 6.45) is -3.88. The van der Waals surface area contributed by atoms with Crippen LogP contribution in [0.3, 0.4) is 0 Å². The van der Waals surface area contributed by atoms with Crippen molar-refractivity contribution < 1.29 is 35.2 Å². The lowest BCUT2D eigenvalue weighted by Gasteiger charge is -2.36. The first-order chi connectivity index (χ1) is 17.3. The van der Waals surface area contributed by atoms with E-state index in [2.05, 4.69) is 19.9 Å². The van der Waals surface area contributed by atoms with Gasteiger partial charge in [-0.15, -0.1) is 10.2 Å². The Balaban J connectivity index is 1.56. The van der Waals surface area contributed by atoms with Crippen molar-refractivity contribution in [1.82, 2.24) is 29.2 Å². The molecule has 4 heterocycles. The van der Waals surface area contributed by atoms with Gasteiger partial charge in [-0.05, 0) is 25.8 Å². The van der Waals surface area contributed by atoms with Gasteiger partial charge >= 0.3 is 12.1 Å². The minimum atomic E-state index is -5.00. The summed E-state index contributed by atoms with van der Waals surface area (Å²) in [5.41, 5.74) is 0.186. The number of imidazole rings is 1. The van der Waals surface area contributed by atoms with Crippen LogP contribution in [0, 0.1) is 0 Å². The van der Waals surface area contributed by atoms with Crippen molar-refractivity contribution >= 4 is 38.6 Å². The highest BCUT2D eigenvalue weighted by molar-refractivity contribution is 7.89. The van der Waals surface area contributed by atoms with Crippen LogP contribution in [0.2, 0.25) is 0 Å². The van der Waals surface area contributed by atoms with Gasteiger partial charge in [0.15, 0.2) is 15.7 Å². The summed E-state index contributed by atoms with van der Waals surface area (Å²) in [4.78, 5) is 18.1. The molecule has 0 spiro atoms. The van der Waals surface area contributed by atoms with Gasteiger partial charge in [0.25, 0.3) is 6.43 Å². The van der Waals surface area contributed by atoms with E-state index in [4.69, 9.17) is 0 Å². The number of amides is 1. The molecule has 0 radical (unpaired) electrons. The number of sulfonamides is 1. The first-order valence-electron chi connectivity index (χ1n) is 11.1. The van der Waals surface area contributed by atoms with Crippen molar-refractivity contribution in [3.05, 3.63) is 23.5 Å². The number of hydrogen-bond acceptors (Lipinski definition) is 8. The second-order valence-electron chi connectivity index (χ2n) is 9.09. The van der Waals surface area contributed by atoms with Gasteiger partial charge in [-0.3, -0.25) is 9.20 Å². The Hall–Kier alpha value is -2.92. The Morgan fingerprint density at radius 2 is 1.84 bits per heavy atom. The molecule has 10 nitrogen and oxygen atoms in total. The quantitative estimate of drug-likeness (QED) is 0.458. The van der Waals surface area contributed by atoms with Crippen LogP contribution < -0.4 is 9.62 Å². The Morgan fingerprint density at radius 1 is 1.16 bits per heavy atom. The number of aromatic nitrogens is 4. The summed E-state index contributed by atoms with van der Waals surface area (Å²) in [7, 11) is -4.03. The lowest BCUT2D eigenvalue weighted by molar-refractivity contribution is -0.185. The van der Waals surface area contributed by atoms with Crippen molar-refractivity contribution in [2.45, 2.75) is 42.8 Å². The average Bonchev–Trinajstić information content (AvgIpc) is 3.22. The molecule has 1 aliphatic heterocycles. The Labute approximate surface area is 211 Å². The van der Waals surface area contributed by atoms with Gasteiger partial charge in [-0.1, -0.05) is 11.3 Å². The van der Waals surface area contributed by atoms with E-state index >= 15 is 0 Å². The molecule has 0 bridgehead atoms. The third-order valence-electron chi connectivity index (χ3n) is 6.25. The molecule has 5 rings (SSSR count). The molecule has 0 atom stereocenters. The van der Waals surface area contributed by atoms with Crippen molar-refractivity contribution in [3.63, 3.8) is 0 Å². The molecule has 0 unspecified atom stereocenters. The minimum absolute atomic E-state index is 0.0113. The molecule has 37 heavy (non-hydrogen) atoms. The molecule has 3 aromatic heterocycles. The molecular weight excluding hydrogens is 545 g/mol. The number of hydrogen-bond donors (Lipinski definition) is 1. The summed E-state index contributed by atoms with van der Waals surface area (Å²) < 4.78 is 95.2. The smallest absolute Gasteiger partial charge is 0.365 e. The van der Waals surface area contributed by atoms with E-state index in [1.165, 1.54) is 22.9 Å². The van der Waals surface area contributed by atoms with Crippen LogP contribution >= 0.6 is 11.3 Å². The van der Waals surface area contributed by atoms with Crippen LogP contribution in [0.15, 0.2) is 23.4 Å². The van der Waals surface area contributed by atoms with E-state index in [0.29, 0.717) is 34.8 Å². The molecule has 1 aliphatic carbocycles. The van der Waals surface area contributed by atoms with E-state index in [1.54, 1.807) is 11.8 Å². The van der Waals surface area contributed by atoms with Crippen molar-refractivity contribution in [2.24, 2.45) is 0 Å². The highest BCUT2D eigenvalue weighted by atomic mass is 32.2. The summed E-state index contributed by atoms with van der Waals surface area (Å²) in [6, 6.07) is 1.37. The summed E-state index contributed by atoms with van der Waals surface area (Å²) in [5, 5.41) is 6.83. The largest absolute Gasteiger partial charge is 0.471 e. The second kappa shape index (κ2) is 8.83. The maximum Gasteiger partial charge on any atom is 0.471 e. The molecule has 0 aromatic carbocycles. The van der Waals surface area contributed by atoms with Crippen molar-refractivity contribution in [1.29, 1.82) is 0 Å². The predicted molar refractivity (Wildman–Crippen MR) is 122 cm³/mol. The van der Waals surface area contributed by atoms with Crippen LogP contribution in [0.25, 0.3) is 16.3 Å². The molecule has 1 saturated carbocycles. The first kappa shape index (κ1) is 25.7. The number of halogens is 5. The zero-order valence-corrected chi connectivity index (χ0v) is 20.8. The zero-order chi connectivity index (χ0) is 26.8. The molecule has 3 aromatic rings. The number of piperazine rings is 1. The van der Waals surface area contributed by atoms with Crippen molar-refractivity contribution in [3.8, 4) is 10.7 Å². The second-order valence-corrected chi connectivity index (χ2v) is 11.8. The van der Waals surface area contributed by atoms with Crippen LogP contribution in [0.1, 0.15) is 31.2 Å². The number of pyridine rings is 1. The maximum atomic E-state index is 13.2. The fourth-order valence-corrected chi connectivity index (χ4v) is 6.20. The lowest BCUT2D eigenvalue weighted by atomic mass is 10.2. The van der Waals surface area contributed by atoms with Crippen LogP contribution in [0.5, 0.6) is 0 Å². The van der Waals surface area contributed by atoms with Gasteiger partial charge in [0, 0.05) is 37.9 Å². The fourth-order valence-electron chi connectivity index (χ4n) is 4.01. The number of anilines is 1. The standard InChI is InChI=1S/C20H20F5N7O3S2/c1-19(2-3-19)29-37(34,35)11-8-12(30-4-6-31(7-5-30)18(33)20(23,24)25)15-26-9-13(32(15)10-11)16-27-28-17(36-16)14(21)22/h8-10,14,29H,2-7H2,1H3. The molecule has 1 N–H and O–H groups in total. The maximum absolute atomic E-state index is 13.2. The molecule has 2 fully saturated rings. The van der Waals surface area contributed by atoms with Gasteiger partial charge in [0.1, 0.15) is 10.6 Å². The van der Waals surface area contributed by atoms with E-state index in [-0.39, 0.29) is 47.4 Å². The lowest BCUT2D eigenvalue weighted by Crippen LogP contribution is -2.52. The molecule has 1 saturated heterocycles.